The van der Waals surface area contributed by atoms with Crippen molar-refractivity contribution in [3.8, 4) is 0 Å². The Bertz CT molecular complexity index is 295. The van der Waals surface area contributed by atoms with Crippen LogP contribution in [0.15, 0.2) is 0 Å². The SMILES string of the molecule is C1COCCCOCCCOCCCC2(CCCOCCCOC1)CO2. The zero-order valence-electron chi connectivity index (χ0n) is 16.4. The van der Waals surface area contributed by atoms with E-state index in [0.29, 0.717) is 0 Å². The summed E-state index contributed by atoms with van der Waals surface area (Å²) in [4.78, 5) is 0. The Morgan fingerprint density at radius 2 is 0.654 bits per heavy atom. The summed E-state index contributed by atoms with van der Waals surface area (Å²) < 4.78 is 33.9. The number of ether oxygens (including phenoxy) is 6. The third-order valence-electron chi connectivity index (χ3n) is 4.70. The van der Waals surface area contributed by atoms with E-state index < -0.39 is 0 Å². The molecule has 0 unspecified atom stereocenters. The fourth-order valence-electron chi connectivity index (χ4n) is 3.07. The molecule has 2 aliphatic rings. The summed E-state index contributed by atoms with van der Waals surface area (Å²) in [6, 6.07) is 0. The number of epoxide rings is 1. The van der Waals surface area contributed by atoms with Crippen LogP contribution in [-0.2, 0) is 28.4 Å². The molecule has 0 radical (unpaired) electrons. The van der Waals surface area contributed by atoms with E-state index in [9.17, 15) is 0 Å². The molecule has 26 heavy (non-hydrogen) atoms. The maximum absolute atomic E-state index is 5.70. The molecule has 154 valence electrons. The van der Waals surface area contributed by atoms with Gasteiger partial charge in [-0.2, -0.15) is 0 Å². The molecule has 0 aliphatic carbocycles. The molecule has 6 heteroatoms. The monoisotopic (exact) mass is 374 g/mol. The second kappa shape index (κ2) is 14.8. The standard InChI is InChI=1S/C20H38O6/c1-7-20(19-26-20)8-2-10-22-12-4-14-24-16-6-18-25-17-5-15-23-13-3-11-21-9-1/h1-19H2. The largest absolute Gasteiger partial charge is 0.381 e. The third kappa shape index (κ3) is 11.5. The van der Waals surface area contributed by atoms with E-state index in [2.05, 4.69) is 0 Å². The first-order chi connectivity index (χ1) is 12.9. The molecule has 0 bridgehead atoms. The van der Waals surface area contributed by atoms with Crippen LogP contribution >= 0.6 is 0 Å². The fraction of sp³-hybridized carbons (Fsp3) is 1.00. The van der Waals surface area contributed by atoms with Gasteiger partial charge < -0.3 is 28.4 Å². The molecule has 0 atom stereocenters. The Morgan fingerprint density at radius 1 is 0.385 bits per heavy atom. The van der Waals surface area contributed by atoms with Gasteiger partial charge in [0.15, 0.2) is 0 Å². The summed E-state index contributed by atoms with van der Waals surface area (Å²) in [6.07, 6.45) is 8.12. The van der Waals surface area contributed by atoms with E-state index in [4.69, 9.17) is 28.4 Å². The molecule has 0 amide bonds. The van der Waals surface area contributed by atoms with Crippen LogP contribution in [0.3, 0.4) is 0 Å². The summed E-state index contributed by atoms with van der Waals surface area (Å²) in [5.74, 6) is 0. The number of hydrogen-bond donors (Lipinski definition) is 0. The number of rotatable bonds is 0. The Balaban J connectivity index is 1.54. The topological polar surface area (TPSA) is 58.7 Å². The zero-order chi connectivity index (χ0) is 18.2. The molecule has 0 aromatic rings. The first-order valence-electron chi connectivity index (χ1n) is 10.4. The maximum atomic E-state index is 5.70. The predicted molar refractivity (Wildman–Crippen MR) is 99.7 cm³/mol. The first kappa shape index (κ1) is 22.1. The van der Waals surface area contributed by atoms with E-state index in [-0.39, 0.29) is 5.60 Å². The van der Waals surface area contributed by atoms with Gasteiger partial charge in [0.25, 0.3) is 0 Å². The normalized spacial score (nSPS) is 26.8. The smallest absolute Gasteiger partial charge is 0.0918 e. The summed E-state index contributed by atoms with van der Waals surface area (Å²) in [5.41, 5.74) is 0.120. The van der Waals surface area contributed by atoms with Crippen molar-refractivity contribution in [3.63, 3.8) is 0 Å². The minimum absolute atomic E-state index is 0.120. The number of hydrogen-bond acceptors (Lipinski definition) is 6. The molecular weight excluding hydrogens is 336 g/mol. The highest BCUT2D eigenvalue weighted by molar-refractivity contribution is 4.91. The van der Waals surface area contributed by atoms with Gasteiger partial charge in [-0.1, -0.05) is 0 Å². The van der Waals surface area contributed by atoms with Crippen LogP contribution in [0.4, 0.5) is 0 Å². The van der Waals surface area contributed by atoms with Gasteiger partial charge in [0.05, 0.1) is 12.2 Å². The highest BCUT2D eigenvalue weighted by Gasteiger charge is 2.42. The molecule has 1 spiro atoms. The van der Waals surface area contributed by atoms with Crippen LogP contribution in [-0.4, -0.2) is 78.3 Å². The van der Waals surface area contributed by atoms with Crippen LogP contribution in [0.2, 0.25) is 0 Å². The highest BCUT2D eigenvalue weighted by Crippen LogP contribution is 2.36. The van der Waals surface area contributed by atoms with E-state index >= 15 is 0 Å². The summed E-state index contributed by atoms with van der Waals surface area (Å²) in [7, 11) is 0. The average Bonchev–Trinajstić information content (AvgIpc) is 3.41. The van der Waals surface area contributed by atoms with Gasteiger partial charge in [0.2, 0.25) is 0 Å². The summed E-state index contributed by atoms with van der Waals surface area (Å²) in [6.45, 7) is 8.65. The highest BCUT2D eigenvalue weighted by atomic mass is 16.6. The molecule has 2 heterocycles. The lowest BCUT2D eigenvalue weighted by molar-refractivity contribution is 0.0465. The van der Waals surface area contributed by atoms with E-state index in [1.807, 2.05) is 0 Å². The quantitative estimate of drug-likeness (QED) is 0.608. The van der Waals surface area contributed by atoms with Gasteiger partial charge in [0.1, 0.15) is 0 Å². The second-order valence-electron chi connectivity index (χ2n) is 7.15. The lowest BCUT2D eigenvalue weighted by Crippen LogP contribution is -2.14. The van der Waals surface area contributed by atoms with Crippen molar-refractivity contribution in [2.75, 3.05) is 72.7 Å². The Morgan fingerprint density at radius 3 is 0.923 bits per heavy atom. The van der Waals surface area contributed by atoms with Gasteiger partial charge in [0, 0.05) is 66.1 Å². The van der Waals surface area contributed by atoms with E-state index in [1.54, 1.807) is 0 Å². The van der Waals surface area contributed by atoms with Crippen molar-refractivity contribution in [1.82, 2.24) is 0 Å². The molecule has 2 saturated heterocycles. The molecule has 2 rings (SSSR count). The van der Waals surface area contributed by atoms with Crippen LogP contribution in [0.1, 0.15) is 51.4 Å². The zero-order valence-corrected chi connectivity index (χ0v) is 16.4. The molecule has 0 aromatic carbocycles. The molecule has 2 fully saturated rings. The second-order valence-corrected chi connectivity index (χ2v) is 7.15. The van der Waals surface area contributed by atoms with Crippen molar-refractivity contribution in [2.24, 2.45) is 0 Å². The van der Waals surface area contributed by atoms with Gasteiger partial charge in [-0.3, -0.25) is 0 Å². The molecule has 0 aromatic heterocycles. The Kier molecular flexibility index (Phi) is 12.5. The van der Waals surface area contributed by atoms with Crippen LogP contribution in [0, 0.1) is 0 Å². The molecule has 6 nitrogen and oxygen atoms in total. The van der Waals surface area contributed by atoms with Crippen LogP contribution in [0.5, 0.6) is 0 Å². The van der Waals surface area contributed by atoms with Crippen molar-refractivity contribution in [1.29, 1.82) is 0 Å². The minimum atomic E-state index is 0.120. The molecule has 0 N–H and O–H groups in total. The Labute approximate surface area is 158 Å². The lowest BCUT2D eigenvalue weighted by atomic mass is 9.99. The molecule has 2 aliphatic heterocycles. The predicted octanol–water partition coefficient (Wildman–Crippen LogP) is 2.97. The van der Waals surface area contributed by atoms with Gasteiger partial charge in [-0.15, -0.1) is 0 Å². The summed E-state index contributed by atoms with van der Waals surface area (Å²) in [5, 5.41) is 0. The van der Waals surface area contributed by atoms with E-state index in [0.717, 1.165) is 124 Å². The van der Waals surface area contributed by atoms with Gasteiger partial charge >= 0.3 is 0 Å². The average molecular weight is 375 g/mol. The van der Waals surface area contributed by atoms with Crippen molar-refractivity contribution >= 4 is 0 Å². The van der Waals surface area contributed by atoms with Crippen LogP contribution < -0.4 is 0 Å². The van der Waals surface area contributed by atoms with Gasteiger partial charge in [-0.05, 0) is 51.4 Å². The van der Waals surface area contributed by atoms with Crippen LogP contribution in [0.25, 0.3) is 0 Å². The van der Waals surface area contributed by atoms with Crippen molar-refractivity contribution in [2.45, 2.75) is 57.0 Å². The van der Waals surface area contributed by atoms with E-state index in [1.165, 1.54) is 0 Å². The lowest BCUT2D eigenvalue weighted by Gasteiger charge is -2.12. The molecule has 0 saturated carbocycles. The Hall–Kier alpha value is -0.240. The first-order valence-corrected chi connectivity index (χ1v) is 10.4. The third-order valence-corrected chi connectivity index (χ3v) is 4.70. The fourth-order valence-corrected chi connectivity index (χ4v) is 3.07. The maximum Gasteiger partial charge on any atom is 0.0918 e. The summed E-state index contributed by atoms with van der Waals surface area (Å²) >= 11 is 0. The van der Waals surface area contributed by atoms with Crippen molar-refractivity contribution in [3.05, 3.63) is 0 Å². The van der Waals surface area contributed by atoms with Gasteiger partial charge in [-0.25, -0.2) is 0 Å². The van der Waals surface area contributed by atoms with Crippen molar-refractivity contribution < 1.29 is 28.4 Å². The molecular formula is C20H38O6. The minimum Gasteiger partial charge on any atom is -0.381 e.